The van der Waals surface area contributed by atoms with Gasteiger partial charge in [0.05, 0.1) is 11.7 Å². The second-order valence-corrected chi connectivity index (χ2v) is 10.3. The van der Waals surface area contributed by atoms with Gasteiger partial charge in [0.25, 0.3) is 0 Å². The maximum absolute atomic E-state index is 14.0. The van der Waals surface area contributed by atoms with Crippen molar-refractivity contribution in [2.24, 2.45) is 11.1 Å². The first-order chi connectivity index (χ1) is 17.5. The number of nitrogens with one attached hydrogen (secondary N) is 1. The minimum Gasteiger partial charge on any atom is -0.508 e. The maximum atomic E-state index is 14.0. The number of phenols is 1. The van der Waals surface area contributed by atoms with E-state index < -0.39 is 30.3 Å². The van der Waals surface area contributed by atoms with Crippen LogP contribution in [-0.4, -0.2) is 46.5 Å². The molecule has 0 saturated carbocycles. The van der Waals surface area contributed by atoms with E-state index in [0.29, 0.717) is 30.0 Å². The molecule has 4 N–H and O–H groups in total. The van der Waals surface area contributed by atoms with Crippen LogP contribution in [0.4, 0.5) is 8.78 Å². The van der Waals surface area contributed by atoms with Crippen molar-refractivity contribution in [3.63, 3.8) is 0 Å². The number of aromatic nitrogens is 2. The Labute approximate surface area is 216 Å². The van der Waals surface area contributed by atoms with E-state index in [9.17, 15) is 18.7 Å². The van der Waals surface area contributed by atoms with Crippen molar-refractivity contribution in [1.82, 2.24) is 14.9 Å². The van der Waals surface area contributed by atoms with Crippen molar-refractivity contribution in [3.05, 3.63) is 71.9 Å². The van der Waals surface area contributed by atoms with Crippen LogP contribution in [-0.2, 0) is 16.1 Å². The number of benzene rings is 2. The van der Waals surface area contributed by atoms with E-state index in [-0.39, 0.29) is 23.9 Å². The van der Waals surface area contributed by atoms with Crippen LogP contribution in [0.5, 0.6) is 5.75 Å². The molecule has 3 rings (SSSR count). The quantitative estimate of drug-likeness (QED) is 0.343. The molecule has 0 spiro atoms. The number of carbonyl (C=O) groups excluding carboxylic acids is 1. The minimum absolute atomic E-state index is 0.139. The van der Waals surface area contributed by atoms with Gasteiger partial charge in [-0.2, -0.15) is 0 Å². The van der Waals surface area contributed by atoms with Crippen LogP contribution in [0.1, 0.15) is 51.0 Å². The molecular weight excluding hydrogens is 478 g/mol. The standard InChI is InChI=1S/C28H36F2N4O3/c1-28(2,3)25(33-27(36)24(37-4)12-11-21(31)15-29)26-32-23(19-8-6-9-20(30)14-19)17-34(26)16-18-7-5-10-22(35)13-18/h5-10,13-14,17,21,24-25,35H,11-12,15-16,31H2,1-4H3,(H,33,36)/t21-,24?,25+/m1/s1. The lowest BCUT2D eigenvalue weighted by molar-refractivity contribution is -0.133. The lowest BCUT2D eigenvalue weighted by Crippen LogP contribution is -2.44. The zero-order valence-corrected chi connectivity index (χ0v) is 21.7. The molecule has 9 heteroatoms. The Hall–Kier alpha value is -3.30. The summed E-state index contributed by atoms with van der Waals surface area (Å²) in [5.74, 6) is -0.0252. The molecular formula is C28H36F2N4O3. The number of methoxy groups -OCH3 is 1. The number of hydrogen-bond acceptors (Lipinski definition) is 5. The van der Waals surface area contributed by atoms with Gasteiger partial charge in [-0.25, -0.2) is 13.8 Å². The van der Waals surface area contributed by atoms with Gasteiger partial charge in [0.15, 0.2) is 0 Å². The number of aromatic hydroxyl groups is 1. The molecule has 1 heterocycles. The SMILES string of the molecule is COC(CC[C@@H](N)CF)C(=O)N[C@@H](c1nc(-c2cccc(F)c2)cn1Cc1cccc(O)c1)C(C)(C)C. The monoisotopic (exact) mass is 514 g/mol. The first kappa shape index (κ1) is 28.3. The number of alkyl halides is 1. The summed E-state index contributed by atoms with van der Waals surface area (Å²) in [5, 5.41) is 13.0. The molecule has 0 aliphatic rings. The zero-order valence-electron chi connectivity index (χ0n) is 21.7. The number of ether oxygens (including phenoxy) is 1. The number of phenolic OH excluding ortho intramolecular Hbond substituents is 1. The minimum atomic E-state index is -0.806. The Kier molecular flexibility index (Phi) is 9.39. The first-order valence-electron chi connectivity index (χ1n) is 12.3. The van der Waals surface area contributed by atoms with E-state index in [4.69, 9.17) is 15.5 Å². The van der Waals surface area contributed by atoms with Gasteiger partial charge >= 0.3 is 0 Å². The van der Waals surface area contributed by atoms with Crippen molar-refractivity contribution < 1.29 is 23.4 Å². The Morgan fingerprint density at radius 1 is 1.19 bits per heavy atom. The van der Waals surface area contributed by atoms with Crippen molar-refractivity contribution in [2.75, 3.05) is 13.8 Å². The summed E-state index contributed by atoms with van der Waals surface area (Å²) in [6, 6.07) is 11.8. The van der Waals surface area contributed by atoms with Crippen LogP contribution in [0.2, 0.25) is 0 Å². The number of halogens is 2. The molecule has 2 aromatic carbocycles. The predicted octanol–water partition coefficient (Wildman–Crippen LogP) is 4.74. The zero-order chi connectivity index (χ0) is 27.2. The third-order valence-electron chi connectivity index (χ3n) is 6.18. The molecule has 200 valence electrons. The number of rotatable bonds is 11. The third-order valence-corrected chi connectivity index (χ3v) is 6.18. The summed E-state index contributed by atoms with van der Waals surface area (Å²) in [6.07, 6.45) is 1.59. The van der Waals surface area contributed by atoms with E-state index in [1.54, 1.807) is 30.3 Å². The summed E-state index contributed by atoms with van der Waals surface area (Å²) in [7, 11) is 1.43. The molecule has 1 amide bonds. The maximum Gasteiger partial charge on any atom is 0.249 e. The topological polar surface area (TPSA) is 102 Å². The number of nitrogens with two attached hydrogens (primary N) is 1. The highest BCUT2D eigenvalue weighted by atomic mass is 19.1. The number of nitrogens with zero attached hydrogens (tertiary/aromatic N) is 2. The van der Waals surface area contributed by atoms with Crippen molar-refractivity contribution in [3.8, 4) is 17.0 Å². The molecule has 1 aromatic heterocycles. The largest absolute Gasteiger partial charge is 0.508 e. The molecule has 37 heavy (non-hydrogen) atoms. The van der Waals surface area contributed by atoms with Gasteiger partial charge in [0.2, 0.25) is 5.91 Å². The average Bonchev–Trinajstić information content (AvgIpc) is 3.25. The predicted molar refractivity (Wildman–Crippen MR) is 139 cm³/mol. The molecule has 0 fully saturated rings. The summed E-state index contributed by atoms with van der Waals surface area (Å²) in [6.45, 7) is 5.64. The van der Waals surface area contributed by atoms with Gasteiger partial charge in [-0.15, -0.1) is 0 Å². The fourth-order valence-electron chi connectivity index (χ4n) is 4.13. The summed E-state index contributed by atoms with van der Waals surface area (Å²) in [5.41, 5.74) is 7.21. The Morgan fingerprint density at radius 2 is 1.92 bits per heavy atom. The van der Waals surface area contributed by atoms with Gasteiger partial charge in [-0.3, -0.25) is 4.79 Å². The highest BCUT2D eigenvalue weighted by Gasteiger charge is 2.34. The molecule has 0 bridgehead atoms. The summed E-state index contributed by atoms with van der Waals surface area (Å²) < 4.78 is 34.1. The van der Waals surface area contributed by atoms with E-state index in [0.717, 1.165) is 5.56 Å². The van der Waals surface area contributed by atoms with Crippen LogP contribution in [0.15, 0.2) is 54.7 Å². The van der Waals surface area contributed by atoms with Crippen LogP contribution >= 0.6 is 0 Å². The van der Waals surface area contributed by atoms with Crippen molar-refractivity contribution in [2.45, 2.75) is 58.3 Å². The second-order valence-electron chi connectivity index (χ2n) is 10.3. The molecule has 3 aromatic rings. The molecule has 7 nitrogen and oxygen atoms in total. The Morgan fingerprint density at radius 3 is 2.54 bits per heavy atom. The van der Waals surface area contributed by atoms with Gasteiger partial charge < -0.3 is 25.5 Å². The van der Waals surface area contributed by atoms with Crippen LogP contribution in [0.25, 0.3) is 11.3 Å². The number of hydrogen-bond donors (Lipinski definition) is 3. The van der Waals surface area contributed by atoms with Crippen LogP contribution in [0, 0.1) is 11.2 Å². The summed E-state index contributed by atoms with van der Waals surface area (Å²) in [4.78, 5) is 18.1. The van der Waals surface area contributed by atoms with Gasteiger partial charge in [-0.05, 0) is 48.1 Å². The highest BCUT2D eigenvalue weighted by molar-refractivity contribution is 5.81. The average molecular weight is 515 g/mol. The number of carbonyl (C=O) groups is 1. The molecule has 0 aliphatic carbocycles. The molecule has 1 unspecified atom stereocenters. The highest BCUT2D eigenvalue weighted by Crippen LogP contribution is 2.35. The smallest absolute Gasteiger partial charge is 0.249 e. The molecule has 0 saturated heterocycles. The van der Waals surface area contributed by atoms with E-state index >= 15 is 0 Å². The first-order valence-corrected chi connectivity index (χ1v) is 12.3. The normalized spacial score (nSPS) is 14.2. The van der Waals surface area contributed by atoms with Crippen molar-refractivity contribution >= 4 is 5.91 Å². The van der Waals surface area contributed by atoms with E-state index in [1.165, 1.54) is 19.2 Å². The fourth-order valence-corrected chi connectivity index (χ4v) is 4.13. The van der Waals surface area contributed by atoms with Crippen molar-refractivity contribution in [1.29, 1.82) is 0 Å². The Balaban J connectivity index is 2.01. The Bertz CT molecular complexity index is 1190. The number of imidazole rings is 1. The van der Waals surface area contributed by atoms with E-state index in [1.807, 2.05) is 37.6 Å². The number of amides is 1. The van der Waals surface area contributed by atoms with E-state index in [2.05, 4.69) is 5.32 Å². The molecule has 0 aliphatic heterocycles. The molecule has 3 atom stereocenters. The van der Waals surface area contributed by atoms with Crippen LogP contribution in [0.3, 0.4) is 0 Å². The van der Waals surface area contributed by atoms with Gasteiger partial charge in [0, 0.05) is 31.5 Å². The lowest BCUT2D eigenvalue weighted by Gasteiger charge is -2.32. The third kappa shape index (κ3) is 7.60. The molecule has 0 radical (unpaired) electrons. The van der Waals surface area contributed by atoms with Gasteiger partial charge in [0.1, 0.15) is 30.2 Å². The fraction of sp³-hybridized carbons (Fsp3) is 0.429. The van der Waals surface area contributed by atoms with Gasteiger partial charge in [-0.1, -0.05) is 45.0 Å². The second kappa shape index (κ2) is 12.3. The lowest BCUT2D eigenvalue weighted by atomic mass is 9.85. The van der Waals surface area contributed by atoms with Crippen LogP contribution < -0.4 is 11.1 Å². The summed E-state index contributed by atoms with van der Waals surface area (Å²) >= 11 is 0.